The quantitative estimate of drug-likeness (QED) is 0.581. The SMILES string of the molecule is O[C@@H](CCl)COCF. The van der Waals surface area contributed by atoms with Crippen LogP contribution in [0.3, 0.4) is 0 Å². The fourth-order valence-electron chi connectivity index (χ4n) is 0.225. The molecule has 1 N–H and O–H groups in total. The summed E-state index contributed by atoms with van der Waals surface area (Å²) >= 11 is 5.14. The second-order valence-electron chi connectivity index (χ2n) is 1.29. The van der Waals surface area contributed by atoms with Crippen LogP contribution in [0.15, 0.2) is 0 Å². The van der Waals surface area contributed by atoms with Crippen LogP contribution in [-0.2, 0) is 4.74 Å². The second kappa shape index (κ2) is 5.28. The van der Waals surface area contributed by atoms with Crippen molar-refractivity contribution in [3.8, 4) is 0 Å². The molecule has 1 atom stereocenters. The highest BCUT2D eigenvalue weighted by atomic mass is 35.5. The zero-order chi connectivity index (χ0) is 6.41. The van der Waals surface area contributed by atoms with Crippen molar-refractivity contribution in [3.05, 3.63) is 0 Å². The minimum atomic E-state index is -0.867. The number of aliphatic hydroxyl groups excluding tert-OH is 1. The van der Waals surface area contributed by atoms with E-state index in [1.54, 1.807) is 0 Å². The first kappa shape index (κ1) is 8.14. The molecular weight excluding hydrogens is 134 g/mol. The summed E-state index contributed by atoms with van der Waals surface area (Å²) in [7, 11) is 0. The fourth-order valence-corrected chi connectivity index (χ4v) is 0.314. The number of alkyl halides is 2. The Morgan fingerprint density at radius 1 is 1.75 bits per heavy atom. The molecule has 0 aliphatic heterocycles. The van der Waals surface area contributed by atoms with Gasteiger partial charge in [0, 0.05) is 0 Å². The van der Waals surface area contributed by atoms with Crippen LogP contribution in [0.5, 0.6) is 0 Å². The third-order valence-electron chi connectivity index (χ3n) is 0.566. The lowest BCUT2D eigenvalue weighted by Gasteiger charge is -2.02. The number of hydrogen-bond donors (Lipinski definition) is 1. The van der Waals surface area contributed by atoms with Crippen molar-refractivity contribution < 1.29 is 14.2 Å². The molecule has 0 fully saturated rings. The summed E-state index contributed by atoms with van der Waals surface area (Å²) in [6.07, 6.45) is -0.743. The molecular formula is C4H8ClFO2. The summed E-state index contributed by atoms with van der Waals surface area (Å²) in [6.45, 7) is -0.895. The molecule has 50 valence electrons. The molecule has 4 heteroatoms. The Hall–Kier alpha value is 0.140. The van der Waals surface area contributed by atoms with Gasteiger partial charge in [0.05, 0.1) is 18.6 Å². The van der Waals surface area contributed by atoms with E-state index in [-0.39, 0.29) is 12.5 Å². The van der Waals surface area contributed by atoms with Crippen molar-refractivity contribution in [3.63, 3.8) is 0 Å². The zero-order valence-electron chi connectivity index (χ0n) is 4.31. The minimum absolute atomic E-state index is 0.0278. The third-order valence-corrected chi connectivity index (χ3v) is 0.922. The van der Waals surface area contributed by atoms with Gasteiger partial charge in [0.2, 0.25) is 0 Å². The van der Waals surface area contributed by atoms with Gasteiger partial charge < -0.3 is 9.84 Å². The van der Waals surface area contributed by atoms with Gasteiger partial charge in [-0.3, -0.25) is 0 Å². The number of aliphatic hydroxyl groups is 1. The Kier molecular flexibility index (Phi) is 5.37. The van der Waals surface area contributed by atoms with Gasteiger partial charge in [0.1, 0.15) is 0 Å². The summed E-state index contributed by atoms with van der Waals surface area (Å²) < 4.78 is 15.3. The maximum atomic E-state index is 11.1. The van der Waals surface area contributed by atoms with E-state index in [0.29, 0.717) is 0 Å². The lowest BCUT2D eigenvalue weighted by atomic mass is 10.4. The second-order valence-corrected chi connectivity index (χ2v) is 1.60. The normalized spacial score (nSPS) is 13.9. The Bertz CT molecular complexity index is 53.3. The van der Waals surface area contributed by atoms with Crippen LogP contribution in [0.2, 0.25) is 0 Å². The molecule has 8 heavy (non-hydrogen) atoms. The van der Waals surface area contributed by atoms with Crippen molar-refractivity contribution in [1.82, 2.24) is 0 Å². The van der Waals surface area contributed by atoms with Gasteiger partial charge in [-0.15, -0.1) is 11.6 Å². The van der Waals surface area contributed by atoms with Crippen LogP contribution >= 0.6 is 11.6 Å². The first-order valence-electron chi connectivity index (χ1n) is 2.19. The summed E-state index contributed by atoms with van der Waals surface area (Å²) in [5.41, 5.74) is 0. The molecule has 0 rings (SSSR count). The highest BCUT2D eigenvalue weighted by molar-refractivity contribution is 6.18. The summed E-state index contributed by atoms with van der Waals surface area (Å²) in [5, 5.41) is 8.57. The van der Waals surface area contributed by atoms with E-state index in [0.717, 1.165) is 0 Å². The van der Waals surface area contributed by atoms with Crippen LogP contribution in [0.25, 0.3) is 0 Å². The molecule has 0 spiro atoms. The van der Waals surface area contributed by atoms with Crippen molar-refractivity contribution in [2.24, 2.45) is 0 Å². The molecule has 0 aliphatic rings. The number of hydrogen-bond acceptors (Lipinski definition) is 2. The Balaban J connectivity index is 2.86. The average Bonchev–Trinajstić information content (AvgIpc) is 1.83. The van der Waals surface area contributed by atoms with Gasteiger partial charge in [-0.2, -0.15) is 0 Å². The summed E-state index contributed by atoms with van der Waals surface area (Å²) in [6, 6.07) is 0. The highest BCUT2D eigenvalue weighted by Crippen LogP contribution is 1.88. The molecule has 0 amide bonds. The van der Waals surface area contributed by atoms with Crippen molar-refractivity contribution >= 4 is 11.6 Å². The van der Waals surface area contributed by atoms with Crippen molar-refractivity contribution in [2.75, 3.05) is 19.3 Å². The predicted molar refractivity (Wildman–Crippen MR) is 28.7 cm³/mol. The van der Waals surface area contributed by atoms with Crippen LogP contribution in [0.4, 0.5) is 4.39 Å². The molecule has 0 aromatic carbocycles. The van der Waals surface area contributed by atoms with E-state index in [9.17, 15) is 4.39 Å². The predicted octanol–water partition coefficient (Wildman–Crippen LogP) is 0.530. The molecule has 0 radical (unpaired) electrons. The first-order chi connectivity index (χ1) is 3.81. The van der Waals surface area contributed by atoms with Crippen LogP contribution < -0.4 is 0 Å². The van der Waals surface area contributed by atoms with Gasteiger partial charge >= 0.3 is 0 Å². The molecule has 0 aliphatic carbocycles. The third kappa shape index (κ3) is 4.30. The van der Waals surface area contributed by atoms with Gasteiger partial charge in [-0.1, -0.05) is 0 Å². The standard InChI is InChI=1S/C4H8ClFO2/c5-1-4(7)2-8-3-6/h4,7H,1-3H2/t4-/m0/s1. The largest absolute Gasteiger partial charge is 0.389 e. The fraction of sp³-hybridized carbons (Fsp3) is 1.00. The minimum Gasteiger partial charge on any atom is -0.389 e. The van der Waals surface area contributed by atoms with Gasteiger partial charge in [0.25, 0.3) is 0 Å². The lowest BCUT2D eigenvalue weighted by molar-refractivity contribution is 0.00445. The topological polar surface area (TPSA) is 29.5 Å². The average molecular weight is 143 g/mol. The van der Waals surface area contributed by atoms with Gasteiger partial charge in [-0.25, -0.2) is 4.39 Å². The molecule has 0 saturated heterocycles. The van der Waals surface area contributed by atoms with E-state index >= 15 is 0 Å². The lowest BCUT2D eigenvalue weighted by Crippen LogP contribution is -2.16. The van der Waals surface area contributed by atoms with E-state index in [2.05, 4.69) is 4.74 Å². The van der Waals surface area contributed by atoms with Crippen LogP contribution in [0, 0.1) is 0 Å². The molecule has 0 aromatic heterocycles. The molecule has 0 saturated carbocycles. The van der Waals surface area contributed by atoms with E-state index < -0.39 is 13.0 Å². The Labute approximate surface area is 52.2 Å². The van der Waals surface area contributed by atoms with Gasteiger partial charge in [-0.05, 0) is 0 Å². The van der Waals surface area contributed by atoms with E-state index in [4.69, 9.17) is 16.7 Å². The molecule has 0 aromatic rings. The smallest absolute Gasteiger partial charge is 0.188 e. The monoisotopic (exact) mass is 142 g/mol. The number of ether oxygens (including phenoxy) is 1. The number of halogens is 2. The Morgan fingerprint density at radius 2 is 2.38 bits per heavy atom. The first-order valence-corrected chi connectivity index (χ1v) is 2.72. The highest BCUT2D eigenvalue weighted by Gasteiger charge is 1.99. The molecule has 2 nitrogen and oxygen atoms in total. The van der Waals surface area contributed by atoms with Crippen molar-refractivity contribution in [2.45, 2.75) is 6.10 Å². The summed E-state index contributed by atoms with van der Waals surface area (Å²) in [5.74, 6) is 0.0833. The zero-order valence-corrected chi connectivity index (χ0v) is 5.07. The summed E-state index contributed by atoms with van der Waals surface area (Å²) in [4.78, 5) is 0. The molecule has 0 heterocycles. The molecule has 0 unspecified atom stereocenters. The maximum absolute atomic E-state index is 11.1. The van der Waals surface area contributed by atoms with E-state index in [1.807, 2.05) is 0 Å². The van der Waals surface area contributed by atoms with Crippen LogP contribution in [-0.4, -0.2) is 30.6 Å². The maximum Gasteiger partial charge on any atom is 0.188 e. The van der Waals surface area contributed by atoms with Gasteiger partial charge in [0.15, 0.2) is 6.86 Å². The van der Waals surface area contributed by atoms with Crippen LogP contribution in [0.1, 0.15) is 0 Å². The number of rotatable bonds is 4. The van der Waals surface area contributed by atoms with Crippen molar-refractivity contribution in [1.29, 1.82) is 0 Å². The molecule has 0 bridgehead atoms. The Morgan fingerprint density at radius 3 is 2.75 bits per heavy atom. The van der Waals surface area contributed by atoms with E-state index in [1.165, 1.54) is 0 Å².